The van der Waals surface area contributed by atoms with E-state index in [0.717, 1.165) is 6.07 Å². The van der Waals surface area contributed by atoms with Gasteiger partial charge >= 0.3 is 0 Å². The maximum atomic E-state index is 13.4. The van der Waals surface area contributed by atoms with Crippen LogP contribution in [0.25, 0.3) is 0 Å². The molecule has 1 rings (SSSR count). The van der Waals surface area contributed by atoms with Crippen LogP contribution in [0, 0.1) is 11.6 Å². The number of ether oxygens (including phenoxy) is 1. The standard InChI is InChI=1S/C9H7BrF2O2/c1-4(13)7-6(14-2)3-5(11)8(10)9(7)12/h3H,1-2H3. The highest BCUT2D eigenvalue weighted by Gasteiger charge is 2.20. The second-order valence-electron chi connectivity index (χ2n) is 2.62. The van der Waals surface area contributed by atoms with Crippen molar-refractivity contribution in [2.24, 2.45) is 0 Å². The number of hydrogen-bond donors (Lipinski definition) is 0. The third-order valence-corrected chi connectivity index (χ3v) is 2.42. The van der Waals surface area contributed by atoms with Crippen LogP contribution in [0.5, 0.6) is 5.75 Å². The van der Waals surface area contributed by atoms with Crippen LogP contribution < -0.4 is 4.74 Å². The van der Waals surface area contributed by atoms with E-state index in [1.807, 2.05) is 0 Å². The zero-order valence-electron chi connectivity index (χ0n) is 7.53. The molecule has 76 valence electrons. The van der Waals surface area contributed by atoms with Crippen LogP contribution in [-0.2, 0) is 0 Å². The summed E-state index contributed by atoms with van der Waals surface area (Å²) in [4.78, 5) is 11.0. The molecule has 0 aromatic heterocycles. The van der Waals surface area contributed by atoms with Crippen molar-refractivity contribution >= 4 is 21.7 Å². The summed E-state index contributed by atoms with van der Waals surface area (Å²) in [7, 11) is 1.24. The molecule has 0 spiro atoms. The minimum absolute atomic E-state index is 0.101. The largest absolute Gasteiger partial charge is 0.496 e. The number of Topliss-reactive ketones (excluding diaryl/α,β-unsaturated/α-hetero) is 1. The van der Waals surface area contributed by atoms with Crippen LogP contribution in [0.4, 0.5) is 8.78 Å². The van der Waals surface area contributed by atoms with Crippen molar-refractivity contribution in [3.63, 3.8) is 0 Å². The molecule has 1 aromatic rings. The van der Waals surface area contributed by atoms with Crippen molar-refractivity contribution in [2.75, 3.05) is 7.11 Å². The fraction of sp³-hybridized carbons (Fsp3) is 0.222. The van der Waals surface area contributed by atoms with E-state index in [-0.39, 0.29) is 15.8 Å². The molecule has 14 heavy (non-hydrogen) atoms. The van der Waals surface area contributed by atoms with Crippen LogP contribution >= 0.6 is 15.9 Å². The molecule has 0 N–H and O–H groups in total. The predicted molar refractivity (Wildman–Crippen MR) is 50.6 cm³/mol. The third kappa shape index (κ3) is 1.77. The topological polar surface area (TPSA) is 26.3 Å². The lowest BCUT2D eigenvalue weighted by atomic mass is 10.1. The highest BCUT2D eigenvalue weighted by Crippen LogP contribution is 2.30. The summed E-state index contributed by atoms with van der Waals surface area (Å²) >= 11 is 2.70. The van der Waals surface area contributed by atoms with Crippen molar-refractivity contribution in [3.05, 3.63) is 27.7 Å². The molecule has 1 aromatic carbocycles. The van der Waals surface area contributed by atoms with Gasteiger partial charge in [0.05, 0.1) is 17.1 Å². The second-order valence-corrected chi connectivity index (χ2v) is 3.41. The molecule has 0 unspecified atom stereocenters. The van der Waals surface area contributed by atoms with Gasteiger partial charge in [0.1, 0.15) is 11.6 Å². The van der Waals surface area contributed by atoms with E-state index in [1.165, 1.54) is 14.0 Å². The van der Waals surface area contributed by atoms with Crippen LogP contribution in [0.15, 0.2) is 10.5 Å². The third-order valence-electron chi connectivity index (χ3n) is 1.70. The summed E-state index contributed by atoms with van der Waals surface area (Å²) in [6.07, 6.45) is 0. The monoisotopic (exact) mass is 264 g/mol. The Morgan fingerprint density at radius 3 is 2.50 bits per heavy atom. The molecule has 2 nitrogen and oxygen atoms in total. The molecule has 0 amide bonds. The molecule has 0 saturated carbocycles. The number of ketones is 1. The zero-order valence-corrected chi connectivity index (χ0v) is 9.11. The molecule has 0 heterocycles. The average Bonchev–Trinajstić information content (AvgIpc) is 2.12. The molecule has 0 aliphatic heterocycles. The molecule has 0 aliphatic carbocycles. The lowest BCUT2D eigenvalue weighted by molar-refractivity contribution is 0.101. The summed E-state index contributed by atoms with van der Waals surface area (Å²) in [6.45, 7) is 1.19. The first-order valence-corrected chi connectivity index (χ1v) is 4.50. The van der Waals surface area contributed by atoms with Gasteiger partial charge in [-0.15, -0.1) is 0 Å². The first-order chi connectivity index (χ1) is 6.49. The number of benzene rings is 1. The molecule has 0 saturated heterocycles. The Balaban J connectivity index is 3.53. The summed E-state index contributed by atoms with van der Waals surface area (Å²) in [5.74, 6) is -2.35. The molecule has 0 radical (unpaired) electrons. The number of carbonyl (C=O) groups excluding carboxylic acids is 1. The number of halogens is 3. The summed E-state index contributed by atoms with van der Waals surface area (Å²) in [5.41, 5.74) is -0.249. The summed E-state index contributed by atoms with van der Waals surface area (Å²) in [5, 5.41) is 0. The van der Waals surface area contributed by atoms with E-state index in [4.69, 9.17) is 4.74 Å². The van der Waals surface area contributed by atoms with E-state index in [1.54, 1.807) is 0 Å². The van der Waals surface area contributed by atoms with Gasteiger partial charge in [-0.25, -0.2) is 8.78 Å². The first kappa shape index (κ1) is 11.1. The minimum Gasteiger partial charge on any atom is -0.496 e. The van der Waals surface area contributed by atoms with Crippen LogP contribution in [0.3, 0.4) is 0 Å². The van der Waals surface area contributed by atoms with Crippen molar-refractivity contribution in [3.8, 4) is 5.75 Å². The zero-order chi connectivity index (χ0) is 10.9. The van der Waals surface area contributed by atoms with Gasteiger partial charge in [-0.05, 0) is 22.9 Å². The fourth-order valence-corrected chi connectivity index (χ4v) is 1.38. The molecule has 0 aliphatic rings. The van der Waals surface area contributed by atoms with Gasteiger partial charge in [-0.2, -0.15) is 0 Å². The van der Waals surface area contributed by atoms with Gasteiger partial charge in [0.25, 0.3) is 0 Å². The Morgan fingerprint density at radius 2 is 2.07 bits per heavy atom. The van der Waals surface area contributed by atoms with Crippen LogP contribution in [0.1, 0.15) is 17.3 Å². The van der Waals surface area contributed by atoms with Gasteiger partial charge in [-0.1, -0.05) is 0 Å². The Morgan fingerprint density at radius 1 is 1.50 bits per heavy atom. The number of rotatable bonds is 2. The Hall–Kier alpha value is -0.970. The number of methoxy groups -OCH3 is 1. The SMILES string of the molecule is COc1cc(F)c(Br)c(F)c1C(C)=O. The number of carbonyl (C=O) groups is 1. The quantitative estimate of drug-likeness (QED) is 0.607. The Labute approximate surface area is 88.0 Å². The maximum Gasteiger partial charge on any atom is 0.166 e. The van der Waals surface area contributed by atoms with E-state index >= 15 is 0 Å². The smallest absolute Gasteiger partial charge is 0.166 e. The van der Waals surface area contributed by atoms with Gasteiger partial charge in [0.2, 0.25) is 0 Å². The lowest BCUT2D eigenvalue weighted by Crippen LogP contribution is -2.03. The van der Waals surface area contributed by atoms with Crippen LogP contribution in [0.2, 0.25) is 0 Å². The predicted octanol–water partition coefficient (Wildman–Crippen LogP) is 2.94. The molecule has 5 heteroatoms. The Bertz CT molecular complexity index is 391. The van der Waals surface area contributed by atoms with Gasteiger partial charge in [0, 0.05) is 6.07 Å². The lowest BCUT2D eigenvalue weighted by Gasteiger charge is -2.08. The van der Waals surface area contributed by atoms with Crippen molar-refractivity contribution in [2.45, 2.75) is 6.92 Å². The fourth-order valence-electron chi connectivity index (χ4n) is 1.06. The molecule has 0 atom stereocenters. The van der Waals surface area contributed by atoms with Crippen molar-refractivity contribution < 1.29 is 18.3 Å². The summed E-state index contributed by atoms with van der Waals surface area (Å²) in [6, 6.07) is 0.962. The molecule has 0 fully saturated rings. The van der Waals surface area contributed by atoms with E-state index in [9.17, 15) is 13.6 Å². The Kier molecular flexibility index (Phi) is 3.21. The van der Waals surface area contributed by atoms with Gasteiger partial charge < -0.3 is 4.74 Å². The van der Waals surface area contributed by atoms with E-state index in [0.29, 0.717) is 0 Å². The van der Waals surface area contributed by atoms with Crippen molar-refractivity contribution in [1.29, 1.82) is 0 Å². The first-order valence-electron chi connectivity index (χ1n) is 3.71. The van der Waals surface area contributed by atoms with Crippen molar-refractivity contribution in [1.82, 2.24) is 0 Å². The molecular weight excluding hydrogens is 258 g/mol. The number of hydrogen-bond acceptors (Lipinski definition) is 2. The minimum atomic E-state index is -0.936. The summed E-state index contributed by atoms with van der Waals surface area (Å²) < 4.78 is 30.7. The van der Waals surface area contributed by atoms with E-state index in [2.05, 4.69) is 15.9 Å². The highest BCUT2D eigenvalue weighted by molar-refractivity contribution is 9.10. The normalized spacial score (nSPS) is 10.1. The highest BCUT2D eigenvalue weighted by atomic mass is 79.9. The van der Waals surface area contributed by atoms with E-state index < -0.39 is 17.4 Å². The molecule has 0 bridgehead atoms. The molecular formula is C9H7BrF2O2. The average molecular weight is 265 g/mol. The van der Waals surface area contributed by atoms with Gasteiger partial charge in [-0.3, -0.25) is 4.79 Å². The van der Waals surface area contributed by atoms with Crippen LogP contribution in [-0.4, -0.2) is 12.9 Å². The maximum absolute atomic E-state index is 13.4. The second kappa shape index (κ2) is 4.04. The van der Waals surface area contributed by atoms with Gasteiger partial charge in [0.15, 0.2) is 11.6 Å².